The largest absolute Gasteiger partial charge is 0.383 e. The van der Waals surface area contributed by atoms with Crippen LogP contribution in [0.4, 0.5) is 5.82 Å². The lowest BCUT2D eigenvalue weighted by atomic mass is 10.1. The van der Waals surface area contributed by atoms with Gasteiger partial charge in [-0.3, -0.25) is 4.68 Å². The molecule has 0 saturated carbocycles. The molecule has 0 aliphatic heterocycles. The van der Waals surface area contributed by atoms with E-state index in [4.69, 9.17) is 17.3 Å². The predicted molar refractivity (Wildman–Crippen MR) is 69.8 cm³/mol. The first-order valence-electron chi connectivity index (χ1n) is 4.75. The van der Waals surface area contributed by atoms with Crippen molar-refractivity contribution < 1.29 is 0 Å². The number of aromatic nitrogens is 2. The highest BCUT2D eigenvalue weighted by Crippen LogP contribution is 2.38. The molecule has 0 aliphatic carbocycles. The van der Waals surface area contributed by atoms with Crippen LogP contribution in [0.15, 0.2) is 29.3 Å². The van der Waals surface area contributed by atoms with E-state index in [1.807, 2.05) is 31.5 Å². The zero-order valence-electron chi connectivity index (χ0n) is 9.07. The third kappa shape index (κ3) is 1.79. The fourth-order valence-electron chi connectivity index (χ4n) is 1.58. The molecule has 0 aliphatic rings. The monoisotopic (exact) mass is 253 g/mol. The summed E-state index contributed by atoms with van der Waals surface area (Å²) in [5.74, 6) is 0.628. The Labute approximate surface area is 104 Å². The Morgan fingerprint density at radius 2 is 2.19 bits per heavy atom. The van der Waals surface area contributed by atoms with E-state index >= 15 is 0 Å². The zero-order valence-corrected chi connectivity index (χ0v) is 10.6. The molecule has 0 amide bonds. The van der Waals surface area contributed by atoms with Gasteiger partial charge in [-0.25, -0.2) is 0 Å². The Morgan fingerprint density at radius 3 is 2.75 bits per heavy atom. The third-order valence-corrected chi connectivity index (χ3v) is 3.54. The van der Waals surface area contributed by atoms with Crippen molar-refractivity contribution in [2.45, 2.75) is 4.90 Å². The second-order valence-corrected chi connectivity index (χ2v) is 4.64. The number of hydrogen-bond donors (Lipinski definition) is 1. The van der Waals surface area contributed by atoms with Crippen LogP contribution in [0.1, 0.15) is 0 Å². The van der Waals surface area contributed by atoms with Crippen molar-refractivity contribution in [3.05, 3.63) is 29.4 Å². The van der Waals surface area contributed by atoms with Gasteiger partial charge in [0.2, 0.25) is 0 Å². The van der Waals surface area contributed by atoms with Crippen molar-refractivity contribution in [2.75, 3.05) is 12.0 Å². The first-order chi connectivity index (χ1) is 7.65. The van der Waals surface area contributed by atoms with Crippen molar-refractivity contribution >= 4 is 29.2 Å². The highest BCUT2D eigenvalue weighted by molar-refractivity contribution is 7.98. The Morgan fingerprint density at radius 1 is 1.44 bits per heavy atom. The van der Waals surface area contributed by atoms with Gasteiger partial charge in [-0.05, 0) is 18.4 Å². The molecule has 1 heterocycles. The summed E-state index contributed by atoms with van der Waals surface area (Å²) >= 11 is 7.86. The van der Waals surface area contributed by atoms with Gasteiger partial charge in [-0.15, -0.1) is 11.8 Å². The molecule has 1 aromatic carbocycles. The number of halogens is 1. The van der Waals surface area contributed by atoms with Crippen LogP contribution in [0.5, 0.6) is 0 Å². The van der Waals surface area contributed by atoms with Crippen LogP contribution in [0.3, 0.4) is 0 Å². The topological polar surface area (TPSA) is 43.8 Å². The molecule has 0 atom stereocenters. The molecule has 16 heavy (non-hydrogen) atoms. The average Bonchev–Trinajstić information content (AvgIpc) is 2.60. The minimum absolute atomic E-state index is 0.628. The molecule has 0 fully saturated rings. The van der Waals surface area contributed by atoms with E-state index in [2.05, 4.69) is 5.10 Å². The van der Waals surface area contributed by atoms with Crippen LogP contribution in [0.25, 0.3) is 11.1 Å². The number of aryl methyl sites for hydroxylation is 1. The predicted octanol–water partition coefficient (Wildman–Crippen LogP) is 3.04. The van der Waals surface area contributed by atoms with Gasteiger partial charge in [0.1, 0.15) is 5.82 Å². The molecular weight excluding hydrogens is 242 g/mol. The van der Waals surface area contributed by atoms with E-state index in [1.165, 1.54) is 0 Å². The fraction of sp³-hybridized carbons (Fsp3) is 0.182. The van der Waals surface area contributed by atoms with Crippen molar-refractivity contribution in [2.24, 2.45) is 7.05 Å². The lowest BCUT2D eigenvalue weighted by Gasteiger charge is -2.08. The van der Waals surface area contributed by atoms with E-state index < -0.39 is 0 Å². The molecule has 0 bridgehead atoms. The van der Waals surface area contributed by atoms with Crippen LogP contribution in [0.2, 0.25) is 5.02 Å². The Kier molecular flexibility index (Phi) is 3.12. The van der Waals surface area contributed by atoms with Gasteiger partial charge in [0.05, 0.1) is 6.20 Å². The van der Waals surface area contributed by atoms with Crippen LogP contribution >= 0.6 is 23.4 Å². The summed E-state index contributed by atoms with van der Waals surface area (Å²) in [6.45, 7) is 0. The normalized spacial score (nSPS) is 10.7. The number of nitrogen functional groups attached to an aromatic ring is 1. The highest BCUT2D eigenvalue weighted by Gasteiger charge is 2.14. The Hall–Kier alpha value is -1.13. The summed E-state index contributed by atoms with van der Waals surface area (Å²) in [6, 6.07) is 5.82. The number of hydrogen-bond acceptors (Lipinski definition) is 3. The fourth-order valence-corrected chi connectivity index (χ4v) is 2.55. The molecule has 0 radical (unpaired) electrons. The van der Waals surface area contributed by atoms with Crippen LogP contribution in [-0.4, -0.2) is 16.0 Å². The summed E-state index contributed by atoms with van der Waals surface area (Å²) in [7, 11) is 1.81. The van der Waals surface area contributed by atoms with Gasteiger partial charge < -0.3 is 5.73 Å². The van der Waals surface area contributed by atoms with Gasteiger partial charge >= 0.3 is 0 Å². The van der Waals surface area contributed by atoms with Crippen LogP contribution in [-0.2, 0) is 7.05 Å². The van der Waals surface area contributed by atoms with Gasteiger partial charge in [0, 0.05) is 28.1 Å². The number of nitrogens with zero attached hydrogens (tertiary/aromatic N) is 2. The number of anilines is 1. The SMILES string of the molecule is CSc1cccc(Cl)c1-c1cnn(C)c1N. The van der Waals surface area contributed by atoms with Gasteiger partial charge in [0.25, 0.3) is 0 Å². The molecule has 5 heteroatoms. The Balaban J connectivity index is 2.68. The first-order valence-corrected chi connectivity index (χ1v) is 6.35. The minimum Gasteiger partial charge on any atom is -0.383 e. The highest BCUT2D eigenvalue weighted by atomic mass is 35.5. The van der Waals surface area contributed by atoms with Crippen LogP contribution in [0, 0.1) is 0 Å². The van der Waals surface area contributed by atoms with Gasteiger partial charge in [-0.1, -0.05) is 17.7 Å². The second kappa shape index (κ2) is 4.39. The van der Waals surface area contributed by atoms with Crippen LogP contribution < -0.4 is 5.73 Å². The molecule has 0 spiro atoms. The second-order valence-electron chi connectivity index (χ2n) is 3.38. The minimum atomic E-state index is 0.628. The average molecular weight is 254 g/mol. The molecule has 3 nitrogen and oxygen atoms in total. The molecule has 84 valence electrons. The number of thioether (sulfide) groups is 1. The molecule has 2 aromatic rings. The smallest absolute Gasteiger partial charge is 0.129 e. The van der Waals surface area contributed by atoms with E-state index in [1.54, 1.807) is 22.6 Å². The van der Waals surface area contributed by atoms with Crippen molar-refractivity contribution in [1.82, 2.24) is 9.78 Å². The van der Waals surface area contributed by atoms with E-state index in [0.717, 1.165) is 16.0 Å². The van der Waals surface area contributed by atoms with E-state index in [9.17, 15) is 0 Å². The van der Waals surface area contributed by atoms with E-state index in [-0.39, 0.29) is 0 Å². The van der Waals surface area contributed by atoms with Crippen molar-refractivity contribution in [3.63, 3.8) is 0 Å². The summed E-state index contributed by atoms with van der Waals surface area (Å²) in [5, 5.41) is 4.83. The zero-order chi connectivity index (χ0) is 11.7. The quantitative estimate of drug-likeness (QED) is 0.837. The number of benzene rings is 1. The Bertz CT molecular complexity index is 522. The summed E-state index contributed by atoms with van der Waals surface area (Å²) in [6.07, 6.45) is 3.76. The maximum atomic E-state index is 6.22. The standard InChI is InChI=1S/C11H12ClN3S/c1-15-11(13)7(6-14-15)10-8(12)4-3-5-9(10)16-2/h3-6H,13H2,1-2H3. The molecule has 0 unspecified atom stereocenters. The molecule has 0 saturated heterocycles. The van der Waals surface area contributed by atoms with Crippen molar-refractivity contribution in [3.8, 4) is 11.1 Å². The molecule has 1 aromatic heterocycles. The maximum absolute atomic E-state index is 6.22. The van der Waals surface area contributed by atoms with Crippen molar-refractivity contribution in [1.29, 1.82) is 0 Å². The van der Waals surface area contributed by atoms with Gasteiger partial charge in [0.15, 0.2) is 0 Å². The lowest BCUT2D eigenvalue weighted by molar-refractivity contribution is 0.779. The maximum Gasteiger partial charge on any atom is 0.129 e. The first kappa shape index (κ1) is 11.4. The summed E-state index contributed by atoms with van der Waals surface area (Å²) < 4.78 is 1.64. The molecular formula is C11H12ClN3S. The summed E-state index contributed by atoms with van der Waals surface area (Å²) in [4.78, 5) is 1.10. The van der Waals surface area contributed by atoms with E-state index in [0.29, 0.717) is 10.8 Å². The molecule has 2 N–H and O–H groups in total. The third-order valence-electron chi connectivity index (χ3n) is 2.45. The molecule has 2 rings (SSSR count). The number of nitrogens with two attached hydrogens (primary N) is 1. The summed E-state index contributed by atoms with van der Waals surface area (Å²) in [5.41, 5.74) is 7.81. The number of rotatable bonds is 2. The van der Waals surface area contributed by atoms with Gasteiger partial charge in [-0.2, -0.15) is 5.10 Å². The lowest BCUT2D eigenvalue weighted by Crippen LogP contribution is -1.98.